The van der Waals surface area contributed by atoms with Crippen molar-refractivity contribution in [1.29, 1.82) is 0 Å². The number of nitrogens with zero attached hydrogens (tertiary/aromatic N) is 2. The molecule has 2 heterocycles. The summed E-state index contributed by atoms with van der Waals surface area (Å²) in [5.74, 6) is -0.687. The molecule has 8 heteroatoms. The van der Waals surface area contributed by atoms with Gasteiger partial charge in [-0.3, -0.25) is 9.89 Å². The van der Waals surface area contributed by atoms with Crippen LogP contribution in [0.3, 0.4) is 0 Å². The van der Waals surface area contributed by atoms with E-state index in [-0.39, 0.29) is 24.4 Å². The Morgan fingerprint density at radius 1 is 1.32 bits per heavy atom. The van der Waals surface area contributed by atoms with Gasteiger partial charge in [0.1, 0.15) is 6.04 Å². The van der Waals surface area contributed by atoms with E-state index in [2.05, 4.69) is 15.5 Å². The van der Waals surface area contributed by atoms with Crippen molar-refractivity contribution < 1.29 is 14.3 Å². The van der Waals surface area contributed by atoms with Crippen molar-refractivity contribution in [2.45, 2.75) is 45.9 Å². The molecule has 0 bridgehead atoms. The highest BCUT2D eigenvalue weighted by atomic mass is 35.5. The minimum Gasteiger partial charge on any atom is -0.461 e. The third-order valence-corrected chi connectivity index (χ3v) is 3.60. The third kappa shape index (κ3) is 3.78. The number of carbonyl (C=O) groups is 2. The summed E-state index contributed by atoms with van der Waals surface area (Å²) in [5.41, 5.74) is 2.26. The van der Waals surface area contributed by atoms with Crippen LogP contribution in [0, 0.1) is 0 Å². The van der Waals surface area contributed by atoms with E-state index >= 15 is 0 Å². The fourth-order valence-electron chi connectivity index (χ4n) is 2.23. The fraction of sp³-hybridized carbons (Fsp3) is 0.643. The lowest BCUT2D eigenvalue weighted by Crippen LogP contribution is -2.42. The number of ether oxygens (including phenoxy) is 1. The summed E-state index contributed by atoms with van der Waals surface area (Å²) in [5, 5.41) is 10.2. The van der Waals surface area contributed by atoms with E-state index in [1.54, 1.807) is 27.8 Å². The number of halogens is 1. The van der Waals surface area contributed by atoms with Crippen LogP contribution in [-0.4, -0.2) is 52.7 Å². The number of aromatic amines is 1. The van der Waals surface area contributed by atoms with Crippen molar-refractivity contribution in [3.05, 3.63) is 17.0 Å². The first-order valence-corrected chi connectivity index (χ1v) is 7.16. The number of aromatic nitrogens is 2. The second kappa shape index (κ2) is 7.60. The Morgan fingerprint density at radius 3 is 2.64 bits per heavy atom. The van der Waals surface area contributed by atoms with Gasteiger partial charge in [0.2, 0.25) is 0 Å². The Bertz CT molecular complexity index is 544. The predicted molar refractivity (Wildman–Crippen MR) is 84.0 cm³/mol. The predicted octanol–water partition coefficient (Wildman–Crippen LogP) is 0.889. The Hall–Kier alpha value is -1.60. The number of amides is 1. The second-order valence-electron chi connectivity index (χ2n) is 5.53. The van der Waals surface area contributed by atoms with E-state index in [0.29, 0.717) is 12.2 Å². The number of carbonyl (C=O) groups excluding carboxylic acids is 2. The first kappa shape index (κ1) is 18.4. The van der Waals surface area contributed by atoms with Crippen molar-refractivity contribution >= 4 is 24.3 Å². The molecule has 0 spiro atoms. The monoisotopic (exact) mass is 330 g/mol. The van der Waals surface area contributed by atoms with E-state index in [0.717, 1.165) is 24.2 Å². The van der Waals surface area contributed by atoms with Gasteiger partial charge in [-0.05, 0) is 20.8 Å². The maximum atomic E-state index is 12.5. The second-order valence-corrected chi connectivity index (χ2v) is 5.53. The average molecular weight is 331 g/mol. The largest absolute Gasteiger partial charge is 0.461 e. The molecular formula is C14H23ClN4O3. The summed E-state index contributed by atoms with van der Waals surface area (Å²) in [6.45, 7) is 6.70. The number of likely N-dealkylation sites (N-methyl/N-ethyl adjacent to an activating group) is 1. The maximum absolute atomic E-state index is 12.5. The molecule has 1 atom stereocenters. The molecule has 0 aromatic carbocycles. The van der Waals surface area contributed by atoms with Gasteiger partial charge >= 0.3 is 5.97 Å². The lowest BCUT2D eigenvalue weighted by molar-refractivity contribution is -0.151. The Morgan fingerprint density at radius 2 is 2.00 bits per heavy atom. The molecule has 7 nitrogen and oxygen atoms in total. The molecule has 1 aliphatic heterocycles. The summed E-state index contributed by atoms with van der Waals surface area (Å²) in [6.07, 6.45) is 0.621. The van der Waals surface area contributed by atoms with E-state index in [1.165, 1.54) is 4.90 Å². The molecule has 124 valence electrons. The molecule has 2 N–H and O–H groups in total. The molecule has 22 heavy (non-hydrogen) atoms. The van der Waals surface area contributed by atoms with Crippen molar-refractivity contribution in [2.24, 2.45) is 0 Å². The van der Waals surface area contributed by atoms with Crippen LogP contribution < -0.4 is 5.32 Å². The fourth-order valence-corrected chi connectivity index (χ4v) is 2.23. The molecule has 0 saturated heterocycles. The van der Waals surface area contributed by atoms with Crippen molar-refractivity contribution in [3.8, 4) is 0 Å². The first-order chi connectivity index (χ1) is 9.91. The van der Waals surface area contributed by atoms with Gasteiger partial charge in [-0.25, -0.2) is 4.79 Å². The standard InChI is InChI=1S/C14H22N4O3.ClH/c1-8(2)21-14(20)9(3)18(4)13(19)12-10-7-15-6-5-11(10)16-17-12;/h8-9,15H,5-7H2,1-4H3,(H,16,17);1H. The molecule has 0 radical (unpaired) electrons. The van der Waals surface area contributed by atoms with Crippen LogP contribution in [0.1, 0.15) is 42.5 Å². The van der Waals surface area contributed by atoms with Crippen LogP contribution in [-0.2, 0) is 22.5 Å². The Labute approximate surface area is 136 Å². The average Bonchev–Trinajstić information content (AvgIpc) is 2.88. The van der Waals surface area contributed by atoms with Crippen LogP contribution in [0.2, 0.25) is 0 Å². The van der Waals surface area contributed by atoms with E-state index < -0.39 is 12.0 Å². The molecule has 1 aliphatic rings. The van der Waals surface area contributed by atoms with Gasteiger partial charge in [-0.1, -0.05) is 0 Å². The SMILES string of the molecule is CC(C)OC(=O)C(C)N(C)C(=O)c1n[nH]c2c1CNCC2.Cl. The van der Waals surface area contributed by atoms with Gasteiger partial charge in [-0.2, -0.15) is 5.10 Å². The van der Waals surface area contributed by atoms with E-state index in [9.17, 15) is 9.59 Å². The van der Waals surface area contributed by atoms with Gasteiger partial charge < -0.3 is 15.0 Å². The van der Waals surface area contributed by atoms with Crippen LogP contribution in [0.5, 0.6) is 0 Å². The highest BCUT2D eigenvalue weighted by Gasteiger charge is 2.29. The minimum atomic E-state index is -0.649. The first-order valence-electron chi connectivity index (χ1n) is 7.16. The summed E-state index contributed by atoms with van der Waals surface area (Å²) in [6, 6.07) is -0.649. The summed E-state index contributed by atoms with van der Waals surface area (Å²) in [4.78, 5) is 25.8. The zero-order chi connectivity index (χ0) is 15.6. The van der Waals surface area contributed by atoms with Crippen LogP contribution in [0.4, 0.5) is 0 Å². The summed E-state index contributed by atoms with van der Waals surface area (Å²) < 4.78 is 5.14. The van der Waals surface area contributed by atoms with Gasteiger partial charge in [-0.15, -0.1) is 12.4 Å². The molecule has 1 aromatic heterocycles. The van der Waals surface area contributed by atoms with E-state index in [4.69, 9.17) is 4.74 Å². The van der Waals surface area contributed by atoms with Crippen molar-refractivity contribution in [1.82, 2.24) is 20.4 Å². The third-order valence-electron chi connectivity index (χ3n) is 3.60. The Balaban J connectivity index is 0.00000242. The van der Waals surface area contributed by atoms with Gasteiger partial charge in [0.25, 0.3) is 5.91 Å². The highest BCUT2D eigenvalue weighted by molar-refractivity contribution is 5.96. The lowest BCUT2D eigenvalue weighted by atomic mass is 10.1. The molecule has 1 unspecified atom stereocenters. The highest BCUT2D eigenvalue weighted by Crippen LogP contribution is 2.17. The number of H-pyrrole nitrogens is 1. The van der Waals surface area contributed by atoms with Gasteiger partial charge in [0.15, 0.2) is 5.69 Å². The zero-order valence-corrected chi connectivity index (χ0v) is 14.1. The van der Waals surface area contributed by atoms with E-state index in [1.807, 2.05) is 0 Å². The Kier molecular flexibility index (Phi) is 6.37. The molecule has 0 aliphatic carbocycles. The molecule has 1 amide bonds. The summed E-state index contributed by atoms with van der Waals surface area (Å²) >= 11 is 0. The number of esters is 1. The lowest BCUT2D eigenvalue weighted by Gasteiger charge is -2.24. The smallest absolute Gasteiger partial charge is 0.328 e. The summed E-state index contributed by atoms with van der Waals surface area (Å²) in [7, 11) is 1.59. The molecular weight excluding hydrogens is 308 g/mol. The van der Waals surface area contributed by atoms with Crippen molar-refractivity contribution in [2.75, 3.05) is 13.6 Å². The van der Waals surface area contributed by atoms with Crippen LogP contribution >= 0.6 is 12.4 Å². The minimum absolute atomic E-state index is 0. The van der Waals surface area contributed by atoms with Gasteiger partial charge in [0, 0.05) is 37.8 Å². The van der Waals surface area contributed by atoms with Gasteiger partial charge in [0.05, 0.1) is 6.10 Å². The molecule has 1 aromatic rings. The molecule has 0 fully saturated rings. The quantitative estimate of drug-likeness (QED) is 0.801. The van der Waals surface area contributed by atoms with Crippen LogP contribution in [0.25, 0.3) is 0 Å². The number of hydrogen-bond acceptors (Lipinski definition) is 5. The van der Waals surface area contributed by atoms with Crippen LogP contribution in [0.15, 0.2) is 0 Å². The maximum Gasteiger partial charge on any atom is 0.328 e. The number of rotatable bonds is 4. The topological polar surface area (TPSA) is 87.3 Å². The molecule has 2 rings (SSSR count). The number of fused-ring (bicyclic) bond motifs is 1. The normalized spacial score (nSPS) is 14.8. The zero-order valence-electron chi connectivity index (χ0n) is 13.3. The number of nitrogens with one attached hydrogen (secondary N) is 2. The molecule has 0 saturated carbocycles. The van der Waals surface area contributed by atoms with Crippen molar-refractivity contribution in [3.63, 3.8) is 0 Å². The number of hydrogen-bond donors (Lipinski definition) is 2.